The molecule has 2 heteroatoms. The number of ether oxygens (including phenoxy) is 1. The van der Waals surface area contributed by atoms with Crippen molar-refractivity contribution in [2.45, 2.75) is 6.92 Å². The molecule has 0 radical (unpaired) electrons. The van der Waals surface area contributed by atoms with Crippen LogP contribution in [0.4, 0.5) is 0 Å². The van der Waals surface area contributed by atoms with E-state index in [4.69, 9.17) is 4.74 Å². The van der Waals surface area contributed by atoms with Crippen LogP contribution in [0.25, 0.3) is 0 Å². The second-order valence-corrected chi connectivity index (χ2v) is 2.05. The van der Waals surface area contributed by atoms with Crippen LogP contribution in [-0.2, 0) is 4.74 Å². The average Bonchev–Trinajstić information content (AvgIpc) is 1.98. The lowest BCUT2D eigenvalue weighted by Gasteiger charge is -1.99. The first-order valence-corrected chi connectivity index (χ1v) is 3.99. The van der Waals surface area contributed by atoms with Crippen LogP contribution in [0.1, 0.15) is 6.92 Å². The average molecular weight is 203 g/mol. The second-order valence-electron chi connectivity index (χ2n) is 1.52. The van der Waals surface area contributed by atoms with E-state index in [1.165, 1.54) is 0 Å². The van der Waals surface area contributed by atoms with E-state index >= 15 is 0 Å². The fraction of sp³-hybridized carbons (Fsp3) is 0.250. The van der Waals surface area contributed by atoms with Crippen molar-refractivity contribution in [3.05, 3.63) is 35.6 Å². The third-order valence-electron chi connectivity index (χ3n) is 0.845. The van der Waals surface area contributed by atoms with Crippen molar-refractivity contribution < 1.29 is 4.74 Å². The Bertz CT molecular complexity index is 147. The highest BCUT2D eigenvalue weighted by molar-refractivity contribution is 9.11. The fourth-order valence-corrected chi connectivity index (χ4v) is 0.626. The molecule has 0 aliphatic heterocycles. The molecule has 0 rings (SSSR count). The summed E-state index contributed by atoms with van der Waals surface area (Å²) >= 11 is 3.14. The van der Waals surface area contributed by atoms with Gasteiger partial charge in [0.2, 0.25) is 0 Å². The van der Waals surface area contributed by atoms with Gasteiger partial charge in [0.1, 0.15) is 5.76 Å². The van der Waals surface area contributed by atoms with Gasteiger partial charge in [-0.05, 0) is 24.1 Å². The predicted octanol–water partition coefficient (Wildman–Crippen LogP) is 3.00. The highest BCUT2D eigenvalue weighted by Gasteiger charge is 1.84. The molecular formula is C8H11BrO. The molecule has 0 aromatic heterocycles. The zero-order valence-electron chi connectivity index (χ0n) is 6.01. The van der Waals surface area contributed by atoms with E-state index in [0.29, 0.717) is 6.61 Å². The van der Waals surface area contributed by atoms with Crippen molar-refractivity contribution in [3.8, 4) is 0 Å². The Hall–Kier alpha value is -0.500. The van der Waals surface area contributed by atoms with E-state index < -0.39 is 0 Å². The first-order chi connectivity index (χ1) is 4.85. The van der Waals surface area contributed by atoms with Crippen molar-refractivity contribution in [1.82, 2.24) is 0 Å². The molecular weight excluding hydrogens is 192 g/mol. The molecule has 0 unspecified atom stereocenters. The van der Waals surface area contributed by atoms with E-state index in [2.05, 4.69) is 22.5 Å². The van der Waals surface area contributed by atoms with Crippen molar-refractivity contribution in [3.63, 3.8) is 0 Å². The maximum atomic E-state index is 5.16. The number of hydrogen-bond donors (Lipinski definition) is 0. The van der Waals surface area contributed by atoms with Crippen LogP contribution in [0.5, 0.6) is 0 Å². The van der Waals surface area contributed by atoms with Crippen molar-refractivity contribution >= 4 is 15.9 Å². The van der Waals surface area contributed by atoms with Gasteiger partial charge in [0, 0.05) is 0 Å². The molecule has 0 aromatic rings. The summed E-state index contributed by atoms with van der Waals surface area (Å²) in [7, 11) is 0. The molecule has 0 aliphatic carbocycles. The first-order valence-electron chi connectivity index (χ1n) is 3.07. The molecule has 0 aliphatic rings. The van der Waals surface area contributed by atoms with Gasteiger partial charge < -0.3 is 4.74 Å². The Morgan fingerprint density at radius 3 is 2.80 bits per heavy atom. The molecule has 0 saturated heterocycles. The minimum Gasteiger partial charge on any atom is -0.494 e. The Kier molecular flexibility index (Phi) is 6.29. The van der Waals surface area contributed by atoms with Gasteiger partial charge in [-0.15, -0.1) is 0 Å². The minimum absolute atomic E-state index is 0.675. The summed E-state index contributed by atoms with van der Waals surface area (Å²) in [5.74, 6) is 0.790. The van der Waals surface area contributed by atoms with Gasteiger partial charge in [0.15, 0.2) is 0 Å². The normalized spacial score (nSPS) is 12.0. The number of hydrogen-bond acceptors (Lipinski definition) is 1. The lowest BCUT2D eigenvalue weighted by atomic mass is 10.4. The van der Waals surface area contributed by atoms with Gasteiger partial charge in [0.05, 0.1) is 6.61 Å². The van der Waals surface area contributed by atoms with E-state index in [-0.39, 0.29) is 0 Å². The largest absolute Gasteiger partial charge is 0.494 e. The summed E-state index contributed by atoms with van der Waals surface area (Å²) in [6.07, 6.45) is 5.36. The summed E-state index contributed by atoms with van der Waals surface area (Å²) in [4.78, 5) is 1.76. The van der Waals surface area contributed by atoms with Gasteiger partial charge in [-0.3, -0.25) is 0 Å². The maximum Gasteiger partial charge on any atom is 0.118 e. The van der Waals surface area contributed by atoms with Gasteiger partial charge in [-0.1, -0.05) is 28.6 Å². The molecule has 56 valence electrons. The monoisotopic (exact) mass is 202 g/mol. The van der Waals surface area contributed by atoms with Crippen molar-refractivity contribution in [2.75, 3.05) is 6.61 Å². The van der Waals surface area contributed by atoms with Crippen LogP contribution >= 0.6 is 15.9 Å². The van der Waals surface area contributed by atoms with Crippen LogP contribution in [0.3, 0.4) is 0 Å². The number of allylic oxidation sites excluding steroid dienone is 3. The van der Waals surface area contributed by atoms with Crippen LogP contribution in [0.15, 0.2) is 35.6 Å². The summed E-state index contributed by atoms with van der Waals surface area (Å²) in [6, 6.07) is 0. The summed E-state index contributed by atoms with van der Waals surface area (Å²) < 4.78 is 5.16. The summed E-state index contributed by atoms with van der Waals surface area (Å²) in [6.45, 7) is 6.20. The molecule has 1 nitrogen and oxygen atoms in total. The summed E-state index contributed by atoms with van der Waals surface area (Å²) in [5.41, 5.74) is 0. The molecule has 0 aromatic carbocycles. The molecule has 10 heavy (non-hydrogen) atoms. The Balaban J connectivity index is 3.90. The van der Waals surface area contributed by atoms with Crippen LogP contribution < -0.4 is 0 Å². The number of rotatable bonds is 4. The molecule has 0 fully saturated rings. The predicted molar refractivity (Wildman–Crippen MR) is 48.0 cm³/mol. The minimum atomic E-state index is 0.675. The Labute approximate surface area is 70.2 Å². The highest BCUT2D eigenvalue weighted by Crippen LogP contribution is 1.98. The Morgan fingerprint density at radius 1 is 1.70 bits per heavy atom. The molecule has 0 N–H and O–H groups in total. The van der Waals surface area contributed by atoms with Crippen molar-refractivity contribution in [1.29, 1.82) is 0 Å². The third-order valence-corrected chi connectivity index (χ3v) is 1.15. The molecule has 0 atom stereocenters. The standard InChI is InChI=1S/C8H11BrO/c1-3-8(10-4-2)6-5-7-9/h3,5-7H,1,4H2,2H3. The SMILES string of the molecule is C=CC(=CC=CBr)OCC. The van der Waals surface area contributed by atoms with E-state index in [1.54, 1.807) is 11.1 Å². The topological polar surface area (TPSA) is 9.23 Å². The van der Waals surface area contributed by atoms with E-state index in [1.807, 2.05) is 19.1 Å². The first kappa shape index (κ1) is 9.50. The lowest BCUT2D eigenvalue weighted by Crippen LogP contribution is -1.85. The fourth-order valence-electron chi connectivity index (χ4n) is 0.473. The quantitative estimate of drug-likeness (QED) is 0.504. The highest BCUT2D eigenvalue weighted by atomic mass is 79.9. The molecule has 0 bridgehead atoms. The lowest BCUT2D eigenvalue weighted by molar-refractivity contribution is 0.243. The molecule has 0 spiro atoms. The van der Waals surface area contributed by atoms with E-state index in [0.717, 1.165) is 5.76 Å². The molecule has 0 amide bonds. The maximum absolute atomic E-state index is 5.16. The van der Waals surface area contributed by atoms with Crippen LogP contribution in [0.2, 0.25) is 0 Å². The zero-order chi connectivity index (χ0) is 7.82. The Morgan fingerprint density at radius 2 is 2.40 bits per heavy atom. The van der Waals surface area contributed by atoms with Gasteiger partial charge in [-0.2, -0.15) is 0 Å². The molecule has 0 saturated carbocycles. The smallest absolute Gasteiger partial charge is 0.118 e. The second kappa shape index (κ2) is 6.62. The van der Waals surface area contributed by atoms with Gasteiger partial charge >= 0.3 is 0 Å². The molecule has 0 heterocycles. The summed E-state index contributed by atoms with van der Waals surface area (Å²) in [5, 5.41) is 0. The van der Waals surface area contributed by atoms with Crippen LogP contribution in [-0.4, -0.2) is 6.61 Å². The van der Waals surface area contributed by atoms with Gasteiger partial charge in [0.25, 0.3) is 0 Å². The zero-order valence-corrected chi connectivity index (χ0v) is 7.60. The van der Waals surface area contributed by atoms with Gasteiger partial charge in [-0.25, -0.2) is 0 Å². The third kappa shape index (κ3) is 4.39. The number of halogens is 1. The van der Waals surface area contributed by atoms with E-state index in [9.17, 15) is 0 Å². The van der Waals surface area contributed by atoms with Crippen LogP contribution in [0, 0.1) is 0 Å². The van der Waals surface area contributed by atoms with Crippen molar-refractivity contribution in [2.24, 2.45) is 0 Å².